The second-order valence-corrected chi connectivity index (χ2v) is 2.29. The molecule has 0 aliphatic heterocycles. The number of nitrogens with two attached hydrogens (primary N) is 1. The van der Waals surface area contributed by atoms with Gasteiger partial charge in [0.1, 0.15) is 0 Å². The molecule has 88 valence electrons. The molecule has 0 aromatic rings. The molecule has 0 aromatic carbocycles. The summed E-state index contributed by atoms with van der Waals surface area (Å²) in [5.41, 5.74) is 4.99. The molecule has 0 saturated carbocycles. The third-order valence-corrected chi connectivity index (χ3v) is 1.09. The van der Waals surface area contributed by atoms with E-state index in [-0.39, 0.29) is 24.3 Å². The molecule has 0 aromatic heterocycles. The Morgan fingerprint density at radius 3 is 2.33 bits per heavy atom. The molecule has 0 saturated heterocycles. The number of rotatable bonds is 3. The predicted molar refractivity (Wildman–Crippen MR) is 60.5 cm³/mol. The first-order chi connectivity index (χ1) is 6.58. The summed E-state index contributed by atoms with van der Waals surface area (Å²) >= 11 is 0. The average Bonchev–Trinajstić information content (AvgIpc) is 2.04. The second-order valence-electron chi connectivity index (χ2n) is 2.29. The molecule has 15 heavy (non-hydrogen) atoms. The van der Waals surface area contributed by atoms with Gasteiger partial charge < -0.3 is 16.2 Å². The molecule has 0 atom stereocenters. The van der Waals surface area contributed by atoms with Crippen LogP contribution in [-0.4, -0.2) is 23.6 Å². The third-order valence-electron chi connectivity index (χ3n) is 1.09. The van der Waals surface area contributed by atoms with Crippen molar-refractivity contribution in [3.8, 4) is 6.26 Å². The van der Waals surface area contributed by atoms with Crippen LogP contribution in [0.3, 0.4) is 0 Å². The summed E-state index contributed by atoms with van der Waals surface area (Å²) in [4.78, 5) is 0. The maximum absolute atomic E-state index is 7.15. The van der Waals surface area contributed by atoms with Crippen LogP contribution in [0.5, 0.6) is 0 Å². The van der Waals surface area contributed by atoms with Crippen molar-refractivity contribution in [2.24, 2.45) is 5.73 Å². The fraction of sp³-hybridized carbons (Fsp3) is 0.571. The predicted octanol–water partition coefficient (Wildman–Crippen LogP) is 0.0557. The highest BCUT2D eigenvalue weighted by atomic mass is 35.5. The first-order valence-corrected chi connectivity index (χ1v) is 4.05. The van der Waals surface area contributed by atoms with Gasteiger partial charge in [0.25, 0.3) is 6.26 Å². The highest BCUT2D eigenvalue weighted by Gasteiger charge is 1.93. The van der Waals surface area contributed by atoms with Gasteiger partial charge in [-0.2, -0.15) is 5.26 Å². The normalized spacial score (nSPS) is 6.93. The summed E-state index contributed by atoms with van der Waals surface area (Å²) in [5, 5.41) is 32.8. The minimum absolute atomic E-state index is 0. The van der Waals surface area contributed by atoms with E-state index in [1.54, 1.807) is 0 Å². The van der Waals surface area contributed by atoms with Crippen LogP contribution in [-0.2, 0) is 0 Å². The highest BCUT2D eigenvalue weighted by molar-refractivity contribution is 5.94. The molecule has 0 aliphatic carbocycles. The molecule has 0 fully saturated rings. The van der Waals surface area contributed by atoms with Crippen LogP contribution in [0.1, 0.15) is 19.8 Å². The number of aliphatic hydroxyl groups is 1. The van der Waals surface area contributed by atoms with Crippen molar-refractivity contribution in [1.29, 1.82) is 16.1 Å². The van der Waals surface area contributed by atoms with Crippen molar-refractivity contribution >= 4 is 24.3 Å². The number of hydrogen-bond acceptors (Lipinski definition) is 4. The fourth-order valence-electron chi connectivity index (χ4n) is 0.569. The molecule has 7 nitrogen and oxygen atoms in total. The van der Waals surface area contributed by atoms with Crippen LogP contribution >= 0.6 is 12.4 Å². The van der Waals surface area contributed by atoms with E-state index in [9.17, 15) is 0 Å². The number of nitrogens with zero attached hydrogens (tertiary/aromatic N) is 1. The molecular formula is C7H17ClN6O. The minimum atomic E-state index is -0.209. The van der Waals surface area contributed by atoms with Crippen molar-refractivity contribution < 1.29 is 5.11 Å². The zero-order valence-corrected chi connectivity index (χ0v) is 9.32. The topological polar surface area (TPSA) is 142 Å². The Hall–Kier alpha value is -1.68. The molecule has 8 heteroatoms. The van der Waals surface area contributed by atoms with Crippen molar-refractivity contribution in [3.63, 3.8) is 0 Å². The number of nitriles is 1. The number of nitrogens with one attached hydrogen (secondary N) is 4. The summed E-state index contributed by atoms with van der Waals surface area (Å²) in [6.45, 7) is 2.82. The zero-order chi connectivity index (χ0) is 11.4. The Morgan fingerprint density at radius 2 is 2.00 bits per heavy atom. The van der Waals surface area contributed by atoms with Crippen LogP contribution in [0.2, 0.25) is 0 Å². The number of hydrogen-bond donors (Lipinski definition) is 6. The summed E-state index contributed by atoms with van der Waals surface area (Å²) < 4.78 is 0. The second kappa shape index (κ2) is 14.8. The molecule has 0 bridgehead atoms. The lowest BCUT2D eigenvalue weighted by Gasteiger charge is -2.06. The molecule has 0 rings (SSSR count). The Bertz CT molecular complexity index is 214. The SMILES string of the molecule is CCCCNC(=N)NC(=N)N.Cl.N#CO. The quantitative estimate of drug-likeness (QED) is 0.178. The molecule has 0 amide bonds. The van der Waals surface area contributed by atoms with Crippen LogP contribution in [0.25, 0.3) is 0 Å². The van der Waals surface area contributed by atoms with Gasteiger partial charge in [-0.15, -0.1) is 12.4 Å². The standard InChI is InChI=1S/C6H15N5.CHNO.ClH/c1-2-3-4-10-6(9)11-5(7)8;2-1-3;/h2-4H2,1H3,(H6,7,8,9,10,11);3H;1H. The van der Waals surface area contributed by atoms with Crippen molar-refractivity contribution in [3.05, 3.63) is 0 Å². The van der Waals surface area contributed by atoms with Crippen LogP contribution in [0, 0.1) is 22.3 Å². The van der Waals surface area contributed by atoms with Gasteiger partial charge in [-0.3, -0.25) is 16.1 Å². The van der Waals surface area contributed by atoms with E-state index in [1.807, 2.05) is 0 Å². The maximum atomic E-state index is 7.15. The summed E-state index contributed by atoms with van der Waals surface area (Å²) in [6.07, 6.45) is 2.85. The lowest BCUT2D eigenvalue weighted by atomic mass is 10.3. The third kappa shape index (κ3) is 24.5. The highest BCUT2D eigenvalue weighted by Crippen LogP contribution is 1.80. The number of aliphatic hydroxyl groups excluding tert-OH is 1. The maximum Gasteiger partial charge on any atom is 0.283 e. The first-order valence-electron chi connectivity index (χ1n) is 4.05. The van der Waals surface area contributed by atoms with Crippen LogP contribution in [0.4, 0.5) is 0 Å². The van der Waals surface area contributed by atoms with Gasteiger partial charge in [0.15, 0.2) is 11.9 Å². The van der Waals surface area contributed by atoms with Gasteiger partial charge in [0, 0.05) is 6.54 Å². The molecular weight excluding hydrogens is 220 g/mol. The number of halogens is 1. The van der Waals surface area contributed by atoms with Crippen LogP contribution < -0.4 is 16.4 Å². The van der Waals surface area contributed by atoms with E-state index in [1.165, 1.54) is 0 Å². The molecule has 0 aliphatic rings. The van der Waals surface area contributed by atoms with E-state index in [4.69, 9.17) is 26.9 Å². The molecule has 0 unspecified atom stereocenters. The minimum Gasteiger partial charge on any atom is -0.443 e. The Labute approximate surface area is 95.1 Å². The summed E-state index contributed by atoms with van der Waals surface area (Å²) in [7, 11) is 0. The Kier molecular flexibility index (Phi) is 18.8. The van der Waals surface area contributed by atoms with E-state index in [2.05, 4.69) is 17.6 Å². The molecule has 0 radical (unpaired) electrons. The largest absolute Gasteiger partial charge is 0.443 e. The van der Waals surface area contributed by atoms with Gasteiger partial charge >= 0.3 is 0 Å². The number of guanidine groups is 2. The average molecular weight is 237 g/mol. The number of unbranched alkanes of at least 4 members (excludes halogenated alkanes) is 1. The summed E-state index contributed by atoms with van der Waals surface area (Å²) in [5.74, 6) is -0.120. The first kappa shape index (κ1) is 19.0. The van der Waals surface area contributed by atoms with Crippen LogP contribution in [0.15, 0.2) is 0 Å². The smallest absolute Gasteiger partial charge is 0.283 e. The monoisotopic (exact) mass is 236 g/mol. The van der Waals surface area contributed by atoms with Gasteiger partial charge in [0.05, 0.1) is 0 Å². The van der Waals surface area contributed by atoms with E-state index < -0.39 is 0 Å². The lowest BCUT2D eigenvalue weighted by Crippen LogP contribution is -2.43. The molecule has 7 N–H and O–H groups in total. The fourth-order valence-corrected chi connectivity index (χ4v) is 0.569. The lowest BCUT2D eigenvalue weighted by molar-refractivity contribution is 0.503. The van der Waals surface area contributed by atoms with Gasteiger partial charge in [-0.1, -0.05) is 13.3 Å². The molecule has 0 heterocycles. The van der Waals surface area contributed by atoms with Crippen molar-refractivity contribution in [1.82, 2.24) is 10.6 Å². The van der Waals surface area contributed by atoms with E-state index >= 15 is 0 Å². The Morgan fingerprint density at radius 1 is 1.53 bits per heavy atom. The van der Waals surface area contributed by atoms with Gasteiger partial charge in [-0.25, -0.2) is 0 Å². The van der Waals surface area contributed by atoms with Crippen molar-refractivity contribution in [2.45, 2.75) is 19.8 Å². The van der Waals surface area contributed by atoms with Gasteiger partial charge in [-0.05, 0) is 6.42 Å². The van der Waals surface area contributed by atoms with Gasteiger partial charge in [0.2, 0.25) is 0 Å². The summed E-state index contributed by atoms with van der Waals surface area (Å²) in [6, 6.07) is 0. The van der Waals surface area contributed by atoms with Crippen molar-refractivity contribution in [2.75, 3.05) is 6.54 Å². The molecule has 0 spiro atoms. The zero-order valence-electron chi connectivity index (χ0n) is 8.50. The Balaban J connectivity index is -0.000000320. The van der Waals surface area contributed by atoms with E-state index in [0.29, 0.717) is 0 Å². The van der Waals surface area contributed by atoms with E-state index in [0.717, 1.165) is 25.6 Å².